The van der Waals surface area contributed by atoms with E-state index in [-0.39, 0.29) is 24.1 Å². The van der Waals surface area contributed by atoms with Gasteiger partial charge in [-0.05, 0) is 30.3 Å². The number of halogens is 1. The molecule has 0 aliphatic heterocycles. The van der Waals surface area contributed by atoms with Crippen molar-refractivity contribution in [3.05, 3.63) is 60.7 Å². The summed E-state index contributed by atoms with van der Waals surface area (Å²) >= 11 is 0. The van der Waals surface area contributed by atoms with Crippen LogP contribution in [0.4, 0.5) is 27.5 Å². The average molecular weight is 380 g/mol. The van der Waals surface area contributed by atoms with E-state index in [4.69, 9.17) is 5.11 Å². The summed E-state index contributed by atoms with van der Waals surface area (Å²) in [6, 6.07) is 11.9. The molecular weight excluding hydrogens is 363 g/mol. The first-order valence-electron chi connectivity index (χ1n) is 8.54. The van der Waals surface area contributed by atoms with Crippen molar-refractivity contribution >= 4 is 34.0 Å². The number of hydrogen-bond acceptors (Lipinski definition) is 7. The minimum atomic E-state index is -0.616. The van der Waals surface area contributed by atoms with Crippen LogP contribution in [0, 0.1) is 5.82 Å². The van der Waals surface area contributed by atoms with E-state index in [0.717, 1.165) is 17.1 Å². The number of phenolic OH excluding ortho intramolecular Hbond substituents is 1. The highest BCUT2D eigenvalue weighted by Crippen LogP contribution is 2.24. The lowest BCUT2D eigenvalue weighted by atomic mass is 10.2. The maximum atomic E-state index is 14.1. The number of rotatable bonds is 6. The molecule has 4 N–H and O–H groups in total. The van der Waals surface area contributed by atoms with E-state index in [1.54, 1.807) is 23.0 Å². The third-order valence-corrected chi connectivity index (χ3v) is 4.06. The summed E-state index contributed by atoms with van der Waals surface area (Å²) in [5, 5.41) is 29.6. The third kappa shape index (κ3) is 3.69. The molecule has 0 atom stereocenters. The Kier molecular flexibility index (Phi) is 4.73. The number of aromatic hydroxyl groups is 1. The fourth-order valence-corrected chi connectivity index (χ4v) is 2.80. The van der Waals surface area contributed by atoms with Crippen LogP contribution in [0.25, 0.3) is 10.9 Å². The Morgan fingerprint density at radius 1 is 1.04 bits per heavy atom. The second-order valence-corrected chi connectivity index (χ2v) is 6.06. The maximum Gasteiger partial charge on any atom is 0.229 e. The van der Waals surface area contributed by atoms with Crippen LogP contribution in [0.15, 0.2) is 54.9 Å². The van der Waals surface area contributed by atoms with Gasteiger partial charge in [0.15, 0.2) is 11.6 Å². The highest BCUT2D eigenvalue weighted by Gasteiger charge is 2.09. The highest BCUT2D eigenvalue weighted by atomic mass is 19.1. The minimum Gasteiger partial charge on any atom is -0.508 e. The second kappa shape index (κ2) is 7.49. The van der Waals surface area contributed by atoms with Crippen LogP contribution in [0.5, 0.6) is 5.75 Å². The van der Waals surface area contributed by atoms with Gasteiger partial charge < -0.3 is 20.8 Å². The van der Waals surface area contributed by atoms with Crippen LogP contribution in [0.2, 0.25) is 0 Å². The number of aliphatic hydroxyl groups excluding tert-OH is 1. The predicted molar refractivity (Wildman–Crippen MR) is 103 cm³/mol. The Labute approximate surface area is 159 Å². The number of hydrogen-bond donors (Lipinski definition) is 4. The number of fused-ring (bicyclic) bond motifs is 1. The van der Waals surface area contributed by atoms with E-state index in [1.807, 2.05) is 18.2 Å². The zero-order valence-electron chi connectivity index (χ0n) is 14.7. The molecule has 0 aliphatic carbocycles. The molecule has 28 heavy (non-hydrogen) atoms. The number of aliphatic hydroxyl groups is 1. The number of aromatic nitrogens is 4. The molecule has 2 aromatic carbocycles. The van der Waals surface area contributed by atoms with Crippen LogP contribution >= 0.6 is 0 Å². The molecule has 142 valence electrons. The molecule has 0 spiro atoms. The maximum absolute atomic E-state index is 14.1. The van der Waals surface area contributed by atoms with Crippen molar-refractivity contribution in [2.24, 2.45) is 0 Å². The molecule has 4 aromatic rings. The first-order chi connectivity index (χ1) is 13.6. The minimum absolute atomic E-state index is 0.00909. The van der Waals surface area contributed by atoms with Crippen LogP contribution in [0.3, 0.4) is 0 Å². The molecule has 2 aromatic heterocycles. The van der Waals surface area contributed by atoms with Gasteiger partial charge in [-0.1, -0.05) is 6.07 Å². The summed E-state index contributed by atoms with van der Waals surface area (Å²) in [4.78, 5) is 8.13. The van der Waals surface area contributed by atoms with Gasteiger partial charge in [-0.15, -0.1) is 0 Å². The molecule has 0 amide bonds. The van der Waals surface area contributed by atoms with Gasteiger partial charge in [0.05, 0.1) is 31.1 Å². The number of nitrogens with one attached hydrogen (secondary N) is 2. The van der Waals surface area contributed by atoms with Crippen molar-refractivity contribution < 1.29 is 14.6 Å². The van der Waals surface area contributed by atoms with E-state index in [2.05, 4.69) is 25.7 Å². The average Bonchev–Trinajstić information content (AvgIpc) is 3.07. The number of phenols is 1. The van der Waals surface area contributed by atoms with Gasteiger partial charge in [-0.2, -0.15) is 10.1 Å². The van der Waals surface area contributed by atoms with Gasteiger partial charge in [-0.25, -0.2) is 9.37 Å². The topological polar surface area (TPSA) is 108 Å². The smallest absolute Gasteiger partial charge is 0.229 e. The van der Waals surface area contributed by atoms with E-state index < -0.39 is 5.82 Å². The molecule has 0 fully saturated rings. The lowest BCUT2D eigenvalue weighted by Crippen LogP contribution is -2.04. The molecule has 0 radical (unpaired) electrons. The zero-order chi connectivity index (χ0) is 19.5. The van der Waals surface area contributed by atoms with Crippen molar-refractivity contribution in [1.82, 2.24) is 19.7 Å². The Bertz CT molecular complexity index is 1130. The second-order valence-electron chi connectivity index (χ2n) is 6.06. The lowest BCUT2D eigenvalue weighted by Gasteiger charge is -2.10. The summed E-state index contributed by atoms with van der Waals surface area (Å²) in [5.41, 5.74) is 2.11. The summed E-state index contributed by atoms with van der Waals surface area (Å²) in [6.45, 7) is 0.427. The summed E-state index contributed by atoms with van der Waals surface area (Å²) < 4.78 is 15.8. The molecule has 8 nitrogen and oxygen atoms in total. The first kappa shape index (κ1) is 17.7. The van der Waals surface area contributed by atoms with E-state index >= 15 is 0 Å². The Morgan fingerprint density at radius 3 is 2.71 bits per heavy atom. The van der Waals surface area contributed by atoms with Crippen molar-refractivity contribution in [3.63, 3.8) is 0 Å². The fraction of sp³-hybridized carbons (Fsp3) is 0.105. The first-order valence-corrected chi connectivity index (χ1v) is 8.54. The van der Waals surface area contributed by atoms with Crippen molar-refractivity contribution in [1.29, 1.82) is 0 Å². The molecule has 0 aliphatic rings. The SMILES string of the molecule is OCCn1ncc2cc(Nc3ncc(F)c(Nc4cccc(O)c4)n3)ccc21. The van der Waals surface area contributed by atoms with Gasteiger partial charge >= 0.3 is 0 Å². The van der Waals surface area contributed by atoms with Crippen LogP contribution in [-0.4, -0.2) is 36.6 Å². The Hall–Kier alpha value is -3.72. The largest absolute Gasteiger partial charge is 0.508 e. The molecule has 2 heterocycles. The van der Waals surface area contributed by atoms with Gasteiger partial charge in [0, 0.05) is 22.8 Å². The lowest BCUT2D eigenvalue weighted by molar-refractivity contribution is 0.271. The third-order valence-electron chi connectivity index (χ3n) is 4.06. The van der Waals surface area contributed by atoms with Crippen molar-refractivity contribution in [2.75, 3.05) is 17.2 Å². The molecule has 0 saturated heterocycles. The molecule has 0 unspecified atom stereocenters. The molecule has 4 rings (SSSR count). The molecule has 9 heteroatoms. The highest BCUT2D eigenvalue weighted by molar-refractivity contribution is 5.83. The number of anilines is 4. The fourth-order valence-electron chi connectivity index (χ4n) is 2.80. The quantitative estimate of drug-likeness (QED) is 0.407. The van der Waals surface area contributed by atoms with Crippen LogP contribution in [-0.2, 0) is 6.54 Å². The van der Waals surface area contributed by atoms with Gasteiger partial charge in [0.2, 0.25) is 5.95 Å². The van der Waals surface area contributed by atoms with Gasteiger partial charge in [-0.3, -0.25) is 4.68 Å². The number of benzene rings is 2. The normalized spacial score (nSPS) is 10.9. The monoisotopic (exact) mass is 380 g/mol. The number of nitrogens with zero attached hydrogens (tertiary/aromatic N) is 4. The summed E-state index contributed by atoms with van der Waals surface area (Å²) in [6.07, 6.45) is 2.77. The van der Waals surface area contributed by atoms with Crippen LogP contribution in [0.1, 0.15) is 0 Å². The summed E-state index contributed by atoms with van der Waals surface area (Å²) in [7, 11) is 0. The molecule has 0 saturated carbocycles. The van der Waals surface area contributed by atoms with Crippen LogP contribution < -0.4 is 10.6 Å². The summed E-state index contributed by atoms with van der Waals surface area (Å²) in [5.74, 6) is -0.353. The van der Waals surface area contributed by atoms with Crippen molar-refractivity contribution in [2.45, 2.75) is 6.54 Å². The zero-order valence-corrected chi connectivity index (χ0v) is 14.7. The molecule has 0 bridgehead atoms. The van der Waals surface area contributed by atoms with E-state index in [1.165, 1.54) is 12.1 Å². The Balaban J connectivity index is 1.57. The van der Waals surface area contributed by atoms with E-state index in [9.17, 15) is 9.50 Å². The molecular formula is C19H17FN6O2. The van der Waals surface area contributed by atoms with Crippen molar-refractivity contribution in [3.8, 4) is 5.75 Å². The van der Waals surface area contributed by atoms with Gasteiger partial charge in [0.1, 0.15) is 5.75 Å². The van der Waals surface area contributed by atoms with Gasteiger partial charge in [0.25, 0.3) is 0 Å². The Morgan fingerprint density at radius 2 is 1.89 bits per heavy atom. The van der Waals surface area contributed by atoms with E-state index in [0.29, 0.717) is 17.9 Å². The predicted octanol–water partition coefficient (Wildman–Crippen LogP) is 3.15. The standard InChI is InChI=1S/C19H17FN6O2/c20-16-11-21-19(25-18(16)23-13-2-1-3-15(28)9-13)24-14-4-5-17-12(8-14)10-22-26(17)6-7-27/h1-5,8-11,27-28H,6-7H2,(H2,21,23,24,25).